The van der Waals surface area contributed by atoms with Gasteiger partial charge in [0.15, 0.2) is 0 Å². The Bertz CT molecular complexity index is 783. The number of aromatic nitrogens is 1. The molecule has 0 saturated heterocycles. The van der Waals surface area contributed by atoms with Crippen molar-refractivity contribution in [2.45, 2.75) is 19.9 Å². The minimum Gasteiger partial charge on any atom is -0.508 e. The fourth-order valence-electron chi connectivity index (χ4n) is 2.45. The number of phenols is 1. The number of para-hydroxylation sites is 1. The number of aryl methyl sites for hydroxylation is 1. The van der Waals surface area contributed by atoms with Crippen molar-refractivity contribution < 1.29 is 5.11 Å². The largest absolute Gasteiger partial charge is 0.508 e. The number of rotatable bonds is 3. The molecule has 0 saturated carbocycles. The van der Waals surface area contributed by atoms with Crippen LogP contribution in [0.15, 0.2) is 54.6 Å². The van der Waals surface area contributed by atoms with Gasteiger partial charge >= 0.3 is 0 Å². The molecule has 1 atom stereocenters. The zero-order chi connectivity index (χ0) is 14.8. The van der Waals surface area contributed by atoms with Gasteiger partial charge in [0.25, 0.3) is 0 Å². The summed E-state index contributed by atoms with van der Waals surface area (Å²) in [7, 11) is 0. The van der Waals surface area contributed by atoms with Gasteiger partial charge in [0.1, 0.15) is 11.6 Å². The standard InChI is InChI=1S/C18H18N2O/c1-12-10-15-6-3-4-9-17(15)20-18(12)19-13(2)14-7-5-8-16(21)11-14/h3-11,13,21H,1-2H3,(H,19,20)/t13-/m0/s1. The normalized spacial score (nSPS) is 12.3. The van der Waals surface area contributed by atoms with Crippen molar-refractivity contribution in [1.82, 2.24) is 4.98 Å². The second-order valence-electron chi connectivity index (χ2n) is 5.31. The van der Waals surface area contributed by atoms with E-state index in [1.165, 1.54) is 0 Å². The lowest BCUT2D eigenvalue weighted by atomic mass is 10.1. The molecule has 0 aliphatic heterocycles. The van der Waals surface area contributed by atoms with Crippen molar-refractivity contribution in [3.63, 3.8) is 0 Å². The number of pyridine rings is 1. The molecule has 0 amide bonds. The molecule has 0 aliphatic rings. The van der Waals surface area contributed by atoms with Gasteiger partial charge in [0, 0.05) is 5.39 Å². The van der Waals surface area contributed by atoms with E-state index in [2.05, 4.69) is 36.3 Å². The van der Waals surface area contributed by atoms with Crippen LogP contribution >= 0.6 is 0 Å². The molecule has 3 heteroatoms. The lowest BCUT2D eigenvalue weighted by molar-refractivity contribution is 0.474. The topological polar surface area (TPSA) is 45.2 Å². The number of fused-ring (bicyclic) bond motifs is 1. The smallest absolute Gasteiger partial charge is 0.130 e. The zero-order valence-corrected chi connectivity index (χ0v) is 12.2. The highest BCUT2D eigenvalue weighted by molar-refractivity contribution is 5.81. The lowest BCUT2D eigenvalue weighted by Crippen LogP contribution is -2.09. The van der Waals surface area contributed by atoms with Gasteiger partial charge in [-0.2, -0.15) is 0 Å². The van der Waals surface area contributed by atoms with Crippen molar-refractivity contribution in [3.05, 3.63) is 65.7 Å². The Morgan fingerprint density at radius 3 is 2.67 bits per heavy atom. The Hall–Kier alpha value is -2.55. The number of nitrogens with zero attached hydrogens (tertiary/aromatic N) is 1. The van der Waals surface area contributed by atoms with Gasteiger partial charge in [-0.3, -0.25) is 0 Å². The van der Waals surface area contributed by atoms with Crippen LogP contribution in [0.3, 0.4) is 0 Å². The second-order valence-corrected chi connectivity index (χ2v) is 5.31. The van der Waals surface area contributed by atoms with E-state index in [0.29, 0.717) is 0 Å². The molecule has 2 N–H and O–H groups in total. The molecule has 0 bridgehead atoms. The Kier molecular flexibility index (Phi) is 3.48. The van der Waals surface area contributed by atoms with Crippen molar-refractivity contribution in [1.29, 1.82) is 0 Å². The first kappa shape index (κ1) is 13.4. The van der Waals surface area contributed by atoms with Crippen molar-refractivity contribution in [3.8, 4) is 5.75 Å². The Balaban J connectivity index is 1.92. The van der Waals surface area contributed by atoms with Crippen molar-refractivity contribution >= 4 is 16.7 Å². The monoisotopic (exact) mass is 278 g/mol. The van der Waals surface area contributed by atoms with E-state index in [1.54, 1.807) is 12.1 Å². The highest BCUT2D eigenvalue weighted by Gasteiger charge is 2.09. The second kappa shape index (κ2) is 5.44. The van der Waals surface area contributed by atoms with E-state index in [1.807, 2.05) is 30.3 Å². The highest BCUT2D eigenvalue weighted by atomic mass is 16.3. The minimum atomic E-state index is 0.0736. The van der Waals surface area contributed by atoms with Gasteiger partial charge < -0.3 is 10.4 Å². The van der Waals surface area contributed by atoms with Gasteiger partial charge in [-0.15, -0.1) is 0 Å². The average molecular weight is 278 g/mol. The number of aromatic hydroxyl groups is 1. The van der Waals surface area contributed by atoms with E-state index in [0.717, 1.165) is 27.8 Å². The van der Waals surface area contributed by atoms with Gasteiger partial charge in [0.2, 0.25) is 0 Å². The predicted octanol–water partition coefficient (Wildman–Crippen LogP) is 4.42. The molecule has 0 fully saturated rings. The molecule has 3 rings (SSSR count). The summed E-state index contributed by atoms with van der Waals surface area (Å²) in [5.74, 6) is 1.16. The highest BCUT2D eigenvalue weighted by Crippen LogP contribution is 2.25. The van der Waals surface area contributed by atoms with Crippen LogP contribution in [0, 0.1) is 6.92 Å². The molecule has 2 aromatic carbocycles. The Morgan fingerprint density at radius 1 is 1.05 bits per heavy atom. The molecule has 106 valence electrons. The van der Waals surface area contributed by atoms with Crippen LogP contribution in [0.1, 0.15) is 24.1 Å². The summed E-state index contributed by atoms with van der Waals surface area (Å²) < 4.78 is 0. The van der Waals surface area contributed by atoms with Gasteiger partial charge in [-0.05, 0) is 49.2 Å². The minimum absolute atomic E-state index is 0.0736. The van der Waals surface area contributed by atoms with Crippen LogP contribution in [-0.4, -0.2) is 10.1 Å². The molecular weight excluding hydrogens is 260 g/mol. The Labute approximate surface area is 124 Å². The van der Waals surface area contributed by atoms with Crippen LogP contribution < -0.4 is 5.32 Å². The van der Waals surface area contributed by atoms with Gasteiger partial charge in [0.05, 0.1) is 11.6 Å². The maximum atomic E-state index is 9.58. The third kappa shape index (κ3) is 2.82. The fraction of sp³-hybridized carbons (Fsp3) is 0.167. The summed E-state index contributed by atoms with van der Waals surface area (Å²) in [5, 5.41) is 14.1. The summed E-state index contributed by atoms with van der Waals surface area (Å²) in [5.41, 5.74) is 3.12. The van der Waals surface area contributed by atoms with E-state index < -0.39 is 0 Å². The molecule has 0 aliphatic carbocycles. The third-order valence-electron chi connectivity index (χ3n) is 3.64. The quantitative estimate of drug-likeness (QED) is 0.745. The van der Waals surface area contributed by atoms with Crippen LogP contribution in [0.4, 0.5) is 5.82 Å². The van der Waals surface area contributed by atoms with Crippen LogP contribution in [-0.2, 0) is 0 Å². The third-order valence-corrected chi connectivity index (χ3v) is 3.64. The van der Waals surface area contributed by atoms with Crippen LogP contribution in [0.25, 0.3) is 10.9 Å². The number of benzene rings is 2. The van der Waals surface area contributed by atoms with Gasteiger partial charge in [-0.25, -0.2) is 4.98 Å². The number of anilines is 1. The maximum Gasteiger partial charge on any atom is 0.130 e. The SMILES string of the molecule is Cc1cc2ccccc2nc1N[C@@H](C)c1cccc(O)c1. The summed E-state index contributed by atoms with van der Waals surface area (Å²) in [6.07, 6.45) is 0. The molecule has 1 heterocycles. The first-order chi connectivity index (χ1) is 10.1. The number of nitrogens with one attached hydrogen (secondary N) is 1. The number of phenolic OH excluding ortho intramolecular Hbond substituents is 1. The van der Waals surface area contributed by atoms with Crippen LogP contribution in [0.5, 0.6) is 5.75 Å². The summed E-state index contributed by atoms with van der Waals surface area (Å²) in [4.78, 5) is 4.69. The average Bonchev–Trinajstić information content (AvgIpc) is 2.48. The van der Waals surface area contributed by atoms with E-state index in [-0.39, 0.29) is 11.8 Å². The van der Waals surface area contributed by atoms with E-state index >= 15 is 0 Å². The van der Waals surface area contributed by atoms with E-state index in [4.69, 9.17) is 0 Å². The van der Waals surface area contributed by atoms with Gasteiger partial charge in [-0.1, -0.05) is 30.3 Å². The summed E-state index contributed by atoms with van der Waals surface area (Å²) in [6.45, 7) is 4.11. The number of hydrogen-bond donors (Lipinski definition) is 2. The zero-order valence-electron chi connectivity index (χ0n) is 12.2. The van der Waals surface area contributed by atoms with Crippen LogP contribution in [0.2, 0.25) is 0 Å². The van der Waals surface area contributed by atoms with Crippen molar-refractivity contribution in [2.75, 3.05) is 5.32 Å². The first-order valence-electron chi connectivity index (χ1n) is 7.05. The van der Waals surface area contributed by atoms with Crippen molar-refractivity contribution in [2.24, 2.45) is 0 Å². The molecule has 0 unspecified atom stereocenters. The molecule has 3 aromatic rings. The summed E-state index contributed by atoms with van der Waals surface area (Å²) in [6, 6.07) is 17.6. The molecule has 0 radical (unpaired) electrons. The summed E-state index contributed by atoms with van der Waals surface area (Å²) >= 11 is 0. The molecule has 21 heavy (non-hydrogen) atoms. The molecule has 3 nitrogen and oxygen atoms in total. The first-order valence-corrected chi connectivity index (χ1v) is 7.05. The fourth-order valence-corrected chi connectivity index (χ4v) is 2.45. The maximum absolute atomic E-state index is 9.58. The van der Waals surface area contributed by atoms with E-state index in [9.17, 15) is 5.11 Å². The Morgan fingerprint density at radius 2 is 1.86 bits per heavy atom. The lowest BCUT2D eigenvalue weighted by Gasteiger charge is -2.17. The molecule has 0 spiro atoms. The number of hydrogen-bond acceptors (Lipinski definition) is 3. The molecule has 1 aromatic heterocycles. The predicted molar refractivity (Wildman–Crippen MR) is 86.6 cm³/mol. The molecular formula is C18H18N2O.